The van der Waals surface area contributed by atoms with Crippen molar-refractivity contribution in [1.82, 2.24) is 4.90 Å². The lowest BCUT2D eigenvalue weighted by atomic mass is 10.2. The van der Waals surface area contributed by atoms with E-state index in [4.69, 9.17) is 0 Å². The van der Waals surface area contributed by atoms with E-state index in [1.807, 2.05) is 30.3 Å². The molecule has 0 spiro atoms. The van der Waals surface area contributed by atoms with Gasteiger partial charge in [-0.3, -0.25) is 4.79 Å². The van der Waals surface area contributed by atoms with Crippen LogP contribution in [0.15, 0.2) is 49.6 Å². The molecule has 0 heterocycles. The van der Waals surface area contributed by atoms with Crippen molar-refractivity contribution in [3.8, 4) is 0 Å². The lowest BCUT2D eigenvalue weighted by Gasteiger charge is -2.21. The van der Waals surface area contributed by atoms with E-state index in [0.717, 1.165) is 12.0 Å². The van der Waals surface area contributed by atoms with Gasteiger partial charge in [-0.2, -0.15) is 0 Å². The molecule has 0 aromatic heterocycles. The molecular formula is C14H16INO. The second-order valence-electron chi connectivity index (χ2n) is 3.63. The molecule has 0 aliphatic heterocycles. The third kappa shape index (κ3) is 4.34. The molecule has 3 heteroatoms. The molecule has 1 aromatic rings. The highest BCUT2D eigenvalue weighted by atomic mass is 127. The maximum atomic E-state index is 11.7. The SMILES string of the molecule is C=CCCN(Cc1ccccc1I)C(=O)C=C. The average Bonchev–Trinajstić information content (AvgIpc) is 2.35. The first kappa shape index (κ1) is 14.0. The van der Waals surface area contributed by atoms with Crippen molar-refractivity contribution < 1.29 is 4.79 Å². The molecule has 0 saturated heterocycles. The fraction of sp³-hybridized carbons (Fsp3) is 0.214. The summed E-state index contributed by atoms with van der Waals surface area (Å²) in [7, 11) is 0. The second-order valence-corrected chi connectivity index (χ2v) is 4.79. The van der Waals surface area contributed by atoms with E-state index in [0.29, 0.717) is 13.1 Å². The standard InChI is InChI=1S/C14H16INO/c1-3-5-10-16(14(17)4-2)11-12-8-6-7-9-13(12)15/h3-4,6-9H,1-2,5,10-11H2. The third-order valence-corrected chi connectivity index (χ3v) is 3.46. The minimum atomic E-state index is -0.0356. The molecule has 1 rings (SSSR count). The minimum Gasteiger partial charge on any atom is -0.335 e. The first-order chi connectivity index (χ1) is 8.19. The molecule has 2 nitrogen and oxygen atoms in total. The Hall–Kier alpha value is -1.10. The zero-order valence-electron chi connectivity index (χ0n) is 9.73. The molecule has 0 N–H and O–H groups in total. The molecule has 0 saturated carbocycles. The maximum Gasteiger partial charge on any atom is 0.246 e. The number of carbonyl (C=O) groups excluding carboxylic acids is 1. The number of benzene rings is 1. The van der Waals surface area contributed by atoms with E-state index < -0.39 is 0 Å². The van der Waals surface area contributed by atoms with Crippen LogP contribution in [0.4, 0.5) is 0 Å². The number of nitrogens with zero attached hydrogens (tertiary/aromatic N) is 1. The Morgan fingerprint density at radius 2 is 2.06 bits per heavy atom. The van der Waals surface area contributed by atoms with Gasteiger partial charge in [-0.1, -0.05) is 30.9 Å². The molecule has 1 aromatic carbocycles. The van der Waals surface area contributed by atoms with Crippen LogP contribution in [0.3, 0.4) is 0 Å². The summed E-state index contributed by atoms with van der Waals surface area (Å²) in [5, 5.41) is 0. The van der Waals surface area contributed by atoms with Crippen LogP contribution in [0.5, 0.6) is 0 Å². The van der Waals surface area contributed by atoms with E-state index in [1.165, 1.54) is 9.65 Å². The number of rotatable bonds is 6. The van der Waals surface area contributed by atoms with Gasteiger partial charge in [0.25, 0.3) is 0 Å². The second kappa shape index (κ2) is 7.27. The molecule has 0 atom stereocenters. The maximum absolute atomic E-state index is 11.7. The van der Waals surface area contributed by atoms with Crippen LogP contribution >= 0.6 is 22.6 Å². The quantitative estimate of drug-likeness (QED) is 0.441. The van der Waals surface area contributed by atoms with Crippen LogP contribution in [0.25, 0.3) is 0 Å². The minimum absolute atomic E-state index is 0.0356. The van der Waals surface area contributed by atoms with Crippen molar-refractivity contribution in [1.29, 1.82) is 0 Å². The van der Waals surface area contributed by atoms with Gasteiger partial charge in [-0.15, -0.1) is 6.58 Å². The van der Waals surface area contributed by atoms with Gasteiger partial charge in [0, 0.05) is 16.7 Å². The van der Waals surface area contributed by atoms with Crippen molar-refractivity contribution in [3.63, 3.8) is 0 Å². The zero-order valence-corrected chi connectivity index (χ0v) is 11.9. The highest BCUT2D eigenvalue weighted by Crippen LogP contribution is 2.14. The Labute approximate surface area is 116 Å². The smallest absolute Gasteiger partial charge is 0.246 e. The summed E-state index contributed by atoms with van der Waals surface area (Å²) in [5.41, 5.74) is 1.16. The Balaban J connectivity index is 2.78. The number of carbonyl (C=O) groups is 1. The van der Waals surface area contributed by atoms with Crippen LogP contribution < -0.4 is 0 Å². The number of halogens is 1. The first-order valence-corrected chi connectivity index (χ1v) is 6.52. The summed E-state index contributed by atoms with van der Waals surface area (Å²) in [6.45, 7) is 8.51. The van der Waals surface area contributed by atoms with Crippen molar-refractivity contribution in [2.75, 3.05) is 6.54 Å². The van der Waals surface area contributed by atoms with Crippen LogP contribution in [0, 0.1) is 3.57 Å². The summed E-state index contributed by atoms with van der Waals surface area (Å²) in [4.78, 5) is 13.5. The predicted octanol–water partition coefficient (Wildman–Crippen LogP) is 3.38. The van der Waals surface area contributed by atoms with Crippen molar-refractivity contribution >= 4 is 28.5 Å². The fourth-order valence-electron chi connectivity index (χ4n) is 1.48. The van der Waals surface area contributed by atoms with Crippen molar-refractivity contribution in [2.24, 2.45) is 0 Å². The van der Waals surface area contributed by atoms with Gasteiger partial charge in [0.15, 0.2) is 0 Å². The summed E-state index contributed by atoms with van der Waals surface area (Å²) < 4.78 is 1.17. The average molecular weight is 341 g/mol. The highest BCUT2D eigenvalue weighted by Gasteiger charge is 2.11. The molecule has 0 unspecified atom stereocenters. The van der Waals surface area contributed by atoms with Crippen molar-refractivity contribution in [2.45, 2.75) is 13.0 Å². The van der Waals surface area contributed by atoms with Gasteiger partial charge in [-0.05, 0) is 46.7 Å². The monoisotopic (exact) mass is 341 g/mol. The molecule has 90 valence electrons. The molecule has 0 fully saturated rings. The molecule has 0 radical (unpaired) electrons. The van der Waals surface area contributed by atoms with Gasteiger partial charge >= 0.3 is 0 Å². The first-order valence-electron chi connectivity index (χ1n) is 5.44. The predicted molar refractivity (Wildman–Crippen MR) is 79.6 cm³/mol. The third-order valence-electron chi connectivity index (χ3n) is 2.41. The van der Waals surface area contributed by atoms with Gasteiger partial charge in [0.05, 0.1) is 0 Å². The van der Waals surface area contributed by atoms with Gasteiger partial charge in [-0.25, -0.2) is 0 Å². The summed E-state index contributed by atoms with van der Waals surface area (Å²) in [5.74, 6) is -0.0356. The summed E-state index contributed by atoms with van der Waals surface area (Å²) >= 11 is 2.28. The summed E-state index contributed by atoms with van der Waals surface area (Å²) in [6, 6.07) is 8.06. The lowest BCUT2D eigenvalue weighted by Crippen LogP contribution is -2.30. The largest absolute Gasteiger partial charge is 0.335 e. The number of hydrogen-bond donors (Lipinski definition) is 0. The molecule has 0 aliphatic carbocycles. The molecule has 1 amide bonds. The number of amides is 1. The van der Waals surface area contributed by atoms with E-state index in [1.54, 1.807) is 4.90 Å². The fourth-order valence-corrected chi connectivity index (χ4v) is 2.03. The van der Waals surface area contributed by atoms with E-state index in [-0.39, 0.29) is 5.91 Å². The van der Waals surface area contributed by atoms with Gasteiger partial charge in [0.1, 0.15) is 0 Å². The van der Waals surface area contributed by atoms with Crippen LogP contribution in [-0.2, 0) is 11.3 Å². The van der Waals surface area contributed by atoms with E-state index >= 15 is 0 Å². The van der Waals surface area contributed by atoms with Crippen LogP contribution in [0.1, 0.15) is 12.0 Å². The van der Waals surface area contributed by atoms with E-state index in [2.05, 4.69) is 35.7 Å². The van der Waals surface area contributed by atoms with Crippen molar-refractivity contribution in [3.05, 3.63) is 58.7 Å². The summed E-state index contributed by atoms with van der Waals surface area (Å²) in [6.07, 6.45) is 3.97. The topological polar surface area (TPSA) is 20.3 Å². The highest BCUT2D eigenvalue weighted by molar-refractivity contribution is 14.1. The Bertz CT molecular complexity index is 414. The van der Waals surface area contributed by atoms with E-state index in [9.17, 15) is 4.79 Å². The Morgan fingerprint density at radius 3 is 2.65 bits per heavy atom. The number of hydrogen-bond acceptors (Lipinski definition) is 1. The molecular weight excluding hydrogens is 325 g/mol. The lowest BCUT2D eigenvalue weighted by molar-refractivity contribution is -0.126. The molecule has 0 bridgehead atoms. The van der Waals surface area contributed by atoms with Crippen LogP contribution in [0.2, 0.25) is 0 Å². The van der Waals surface area contributed by atoms with Gasteiger partial charge < -0.3 is 4.90 Å². The zero-order chi connectivity index (χ0) is 12.7. The molecule has 0 aliphatic rings. The molecule has 17 heavy (non-hydrogen) atoms. The Kier molecular flexibility index (Phi) is 5.97. The van der Waals surface area contributed by atoms with Gasteiger partial charge in [0.2, 0.25) is 5.91 Å². The normalized spacial score (nSPS) is 9.71. The Morgan fingerprint density at radius 1 is 1.35 bits per heavy atom. The van der Waals surface area contributed by atoms with Crippen LogP contribution in [-0.4, -0.2) is 17.4 Å².